The number of rotatable bonds is 4. The fraction of sp³-hybridized carbons (Fsp3) is 0.533. The van der Waals surface area contributed by atoms with Gasteiger partial charge < -0.3 is 18.9 Å². The van der Waals surface area contributed by atoms with Crippen LogP contribution in [-0.4, -0.2) is 66.1 Å². The van der Waals surface area contributed by atoms with E-state index in [0.29, 0.717) is 0 Å². The van der Waals surface area contributed by atoms with Crippen molar-refractivity contribution in [2.45, 2.75) is 6.42 Å². The third-order valence-corrected chi connectivity index (χ3v) is 4.06. The molecule has 1 fully saturated rings. The summed E-state index contributed by atoms with van der Waals surface area (Å²) in [6.07, 6.45) is 4.95. The maximum absolute atomic E-state index is 5.24. The molecule has 2 aromatic heterocycles. The Morgan fingerprint density at radius 1 is 1.25 bits per heavy atom. The number of likely N-dealkylation sites (N-methyl/N-ethyl adjacent to an activating group) is 1. The van der Waals surface area contributed by atoms with Gasteiger partial charge in [0.25, 0.3) is 0 Å². The Morgan fingerprint density at radius 3 is 2.80 bits per heavy atom. The van der Waals surface area contributed by atoms with Gasteiger partial charge in [-0.25, -0.2) is 4.98 Å². The van der Waals surface area contributed by atoms with Crippen molar-refractivity contribution >= 4 is 5.52 Å². The zero-order valence-electron chi connectivity index (χ0n) is 12.2. The first-order chi connectivity index (χ1) is 9.76. The Kier molecular flexibility index (Phi) is 3.89. The zero-order valence-corrected chi connectivity index (χ0v) is 12.2. The quantitative estimate of drug-likeness (QED) is 0.837. The Labute approximate surface area is 119 Å². The van der Waals surface area contributed by atoms with E-state index in [0.717, 1.165) is 43.1 Å². The minimum Gasteiger partial charge on any atom is -0.497 e. The minimum atomic E-state index is 0.878. The molecular formula is C15H22N4O. The number of fused-ring (bicyclic) bond motifs is 1. The lowest BCUT2D eigenvalue weighted by atomic mass is 10.3. The van der Waals surface area contributed by atoms with Crippen LogP contribution >= 0.6 is 0 Å². The van der Waals surface area contributed by atoms with E-state index in [9.17, 15) is 0 Å². The molecule has 1 aliphatic heterocycles. The average Bonchev–Trinajstić information content (AvgIpc) is 2.89. The Bertz CT molecular complexity index is 572. The van der Waals surface area contributed by atoms with Crippen LogP contribution in [-0.2, 0) is 6.42 Å². The van der Waals surface area contributed by atoms with Crippen molar-refractivity contribution in [2.75, 3.05) is 46.9 Å². The van der Waals surface area contributed by atoms with Crippen LogP contribution in [0.1, 0.15) is 5.82 Å². The van der Waals surface area contributed by atoms with E-state index < -0.39 is 0 Å². The Morgan fingerprint density at radius 2 is 2.05 bits per heavy atom. The second kappa shape index (κ2) is 5.81. The van der Waals surface area contributed by atoms with Gasteiger partial charge in [-0.3, -0.25) is 0 Å². The average molecular weight is 274 g/mol. The van der Waals surface area contributed by atoms with Crippen LogP contribution in [0.2, 0.25) is 0 Å². The number of methoxy groups -OCH3 is 1. The zero-order chi connectivity index (χ0) is 13.9. The van der Waals surface area contributed by atoms with Gasteiger partial charge in [-0.15, -0.1) is 0 Å². The van der Waals surface area contributed by atoms with Crippen LogP contribution in [0.3, 0.4) is 0 Å². The van der Waals surface area contributed by atoms with Gasteiger partial charge in [0.15, 0.2) is 0 Å². The van der Waals surface area contributed by atoms with Gasteiger partial charge in [-0.05, 0) is 13.1 Å². The molecule has 0 radical (unpaired) electrons. The van der Waals surface area contributed by atoms with Gasteiger partial charge in [0.05, 0.1) is 18.8 Å². The van der Waals surface area contributed by atoms with Gasteiger partial charge in [0.2, 0.25) is 0 Å². The highest BCUT2D eigenvalue weighted by molar-refractivity contribution is 5.50. The summed E-state index contributed by atoms with van der Waals surface area (Å²) < 4.78 is 7.39. The molecule has 0 atom stereocenters. The van der Waals surface area contributed by atoms with E-state index in [1.54, 1.807) is 7.11 Å². The predicted octanol–water partition coefficient (Wildman–Crippen LogP) is 1.13. The first kappa shape index (κ1) is 13.4. The summed E-state index contributed by atoms with van der Waals surface area (Å²) in [7, 11) is 3.88. The van der Waals surface area contributed by atoms with E-state index in [4.69, 9.17) is 4.74 Å². The molecule has 0 spiro atoms. The molecule has 5 nitrogen and oxygen atoms in total. The van der Waals surface area contributed by atoms with Crippen LogP contribution in [0, 0.1) is 0 Å². The van der Waals surface area contributed by atoms with Crippen LogP contribution in [0.25, 0.3) is 5.52 Å². The van der Waals surface area contributed by atoms with E-state index in [1.807, 2.05) is 24.5 Å². The molecule has 20 heavy (non-hydrogen) atoms. The number of aromatic nitrogens is 2. The number of hydrogen-bond donors (Lipinski definition) is 0. The third-order valence-electron chi connectivity index (χ3n) is 4.06. The largest absolute Gasteiger partial charge is 0.497 e. The standard InChI is InChI=1S/C15H22N4O/c1-17-7-9-18(10-8-17)5-4-15-16-12-13-11-14(20-2)3-6-19(13)15/h3,6,11-12H,4-5,7-10H2,1-2H3. The molecule has 5 heteroatoms. The summed E-state index contributed by atoms with van der Waals surface area (Å²) >= 11 is 0. The Balaban J connectivity index is 1.65. The molecule has 3 rings (SSSR count). The van der Waals surface area contributed by atoms with Crippen molar-refractivity contribution in [3.05, 3.63) is 30.4 Å². The van der Waals surface area contributed by atoms with Gasteiger partial charge in [-0.2, -0.15) is 0 Å². The highest BCUT2D eigenvalue weighted by Crippen LogP contribution is 2.16. The number of imidazole rings is 1. The molecule has 2 aromatic rings. The summed E-state index contributed by atoms with van der Waals surface area (Å²) in [5.74, 6) is 2.00. The van der Waals surface area contributed by atoms with Crippen LogP contribution < -0.4 is 4.74 Å². The van der Waals surface area contributed by atoms with Crippen molar-refractivity contribution in [1.82, 2.24) is 19.2 Å². The lowest BCUT2D eigenvalue weighted by Crippen LogP contribution is -2.45. The highest BCUT2D eigenvalue weighted by atomic mass is 16.5. The highest BCUT2D eigenvalue weighted by Gasteiger charge is 2.14. The van der Waals surface area contributed by atoms with Gasteiger partial charge in [-0.1, -0.05) is 0 Å². The van der Waals surface area contributed by atoms with Crippen molar-refractivity contribution in [2.24, 2.45) is 0 Å². The normalized spacial score (nSPS) is 17.7. The summed E-state index contributed by atoms with van der Waals surface area (Å²) in [5, 5.41) is 0. The molecule has 0 bridgehead atoms. The van der Waals surface area contributed by atoms with Crippen molar-refractivity contribution in [3.63, 3.8) is 0 Å². The number of piperazine rings is 1. The molecule has 108 valence electrons. The molecule has 0 unspecified atom stereocenters. The van der Waals surface area contributed by atoms with E-state index in [1.165, 1.54) is 13.1 Å². The molecule has 0 aliphatic carbocycles. The maximum Gasteiger partial charge on any atom is 0.122 e. The maximum atomic E-state index is 5.24. The molecule has 0 aromatic carbocycles. The monoisotopic (exact) mass is 274 g/mol. The molecule has 3 heterocycles. The van der Waals surface area contributed by atoms with Crippen molar-refractivity contribution in [1.29, 1.82) is 0 Å². The van der Waals surface area contributed by atoms with E-state index in [-0.39, 0.29) is 0 Å². The second-order valence-corrected chi connectivity index (χ2v) is 5.43. The van der Waals surface area contributed by atoms with Crippen LogP contribution in [0.4, 0.5) is 0 Å². The van der Waals surface area contributed by atoms with Crippen LogP contribution in [0.15, 0.2) is 24.5 Å². The number of pyridine rings is 1. The number of ether oxygens (including phenoxy) is 1. The van der Waals surface area contributed by atoms with Gasteiger partial charge >= 0.3 is 0 Å². The minimum absolute atomic E-state index is 0.878. The topological polar surface area (TPSA) is 33.0 Å². The first-order valence-electron chi connectivity index (χ1n) is 7.17. The lowest BCUT2D eigenvalue weighted by molar-refractivity contribution is 0.155. The van der Waals surface area contributed by atoms with Crippen LogP contribution in [0.5, 0.6) is 5.75 Å². The summed E-state index contributed by atoms with van der Waals surface area (Å²) in [6.45, 7) is 5.74. The van der Waals surface area contributed by atoms with Crippen molar-refractivity contribution < 1.29 is 4.74 Å². The van der Waals surface area contributed by atoms with Gasteiger partial charge in [0.1, 0.15) is 11.6 Å². The lowest BCUT2D eigenvalue weighted by Gasteiger charge is -2.32. The molecular weight excluding hydrogens is 252 g/mol. The predicted molar refractivity (Wildman–Crippen MR) is 79.4 cm³/mol. The Hall–Kier alpha value is -1.59. The molecule has 1 aliphatic rings. The summed E-state index contributed by atoms with van der Waals surface area (Å²) in [6, 6.07) is 4.00. The number of nitrogens with zero attached hydrogens (tertiary/aromatic N) is 4. The molecule has 1 saturated heterocycles. The van der Waals surface area contributed by atoms with Gasteiger partial charge in [0, 0.05) is 51.4 Å². The molecule has 0 amide bonds. The number of hydrogen-bond acceptors (Lipinski definition) is 4. The molecule has 0 saturated carbocycles. The first-order valence-corrected chi connectivity index (χ1v) is 7.17. The summed E-state index contributed by atoms with van der Waals surface area (Å²) in [5.41, 5.74) is 1.10. The SMILES string of the molecule is COc1ccn2c(CCN3CCN(C)CC3)ncc2c1. The smallest absolute Gasteiger partial charge is 0.122 e. The van der Waals surface area contributed by atoms with Crippen molar-refractivity contribution in [3.8, 4) is 5.75 Å². The van der Waals surface area contributed by atoms with E-state index >= 15 is 0 Å². The van der Waals surface area contributed by atoms with E-state index in [2.05, 4.69) is 26.2 Å². The fourth-order valence-electron chi connectivity index (χ4n) is 2.68. The summed E-state index contributed by atoms with van der Waals surface area (Å²) in [4.78, 5) is 9.44. The third kappa shape index (κ3) is 2.78. The molecule has 0 N–H and O–H groups in total. The second-order valence-electron chi connectivity index (χ2n) is 5.43. The fourth-order valence-corrected chi connectivity index (χ4v) is 2.68.